The van der Waals surface area contributed by atoms with Crippen LogP contribution in [0.2, 0.25) is 0 Å². The molecule has 0 aromatic carbocycles. The maximum atomic E-state index is 11.9. The van der Waals surface area contributed by atoms with Crippen LogP contribution in [-0.2, 0) is 7.05 Å². The van der Waals surface area contributed by atoms with E-state index in [0.717, 1.165) is 19.4 Å². The van der Waals surface area contributed by atoms with Crippen molar-refractivity contribution in [2.75, 3.05) is 19.3 Å². The van der Waals surface area contributed by atoms with Crippen molar-refractivity contribution in [1.29, 1.82) is 0 Å². The summed E-state index contributed by atoms with van der Waals surface area (Å²) in [5, 5.41) is 3.94. The lowest BCUT2D eigenvalue weighted by Crippen LogP contribution is -2.28. The molecule has 0 unspecified atom stereocenters. The summed E-state index contributed by atoms with van der Waals surface area (Å²) in [4.78, 5) is 13.6. The van der Waals surface area contributed by atoms with Gasteiger partial charge in [0, 0.05) is 26.8 Å². The highest BCUT2D eigenvalue weighted by molar-refractivity contribution is 5.97. The third-order valence-electron chi connectivity index (χ3n) is 2.28. The van der Waals surface area contributed by atoms with Crippen molar-refractivity contribution in [2.45, 2.75) is 19.8 Å². The number of anilines is 1. The number of unbranched alkanes of at least 4 members (excludes halogenated alkanes) is 1. The highest BCUT2D eigenvalue weighted by atomic mass is 16.2. The Labute approximate surface area is 89.9 Å². The number of amides is 1. The number of hydrogen-bond donors (Lipinski definition) is 1. The molecule has 1 rings (SSSR count). The summed E-state index contributed by atoms with van der Waals surface area (Å²) in [7, 11) is 3.53. The Kier molecular flexibility index (Phi) is 3.71. The molecule has 1 aromatic heterocycles. The van der Waals surface area contributed by atoms with Crippen LogP contribution in [0.4, 0.5) is 5.82 Å². The standard InChI is InChI=1S/C10H18N4O/c1-4-5-6-13(2)10(15)8-7-14(3)12-9(8)11/h7H,4-6H2,1-3H3,(H2,11,12). The van der Waals surface area contributed by atoms with Crippen molar-refractivity contribution in [3.63, 3.8) is 0 Å². The molecule has 15 heavy (non-hydrogen) atoms. The van der Waals surface area contributed by atoms with Gasteiger partial charge in [0.15, 0.2) is 5.82 Å². The highest BCUT2D eigenvalue weighted by Gasteiger charge is 2.16. The van der Waals surface area contributed by atoms with E-state index in [4.69, 9.17) is 5.73 Å². The molecule has 0 saturated heterocycles. The monoisotopic (exact) mass is 210 g/mol. The minimum absolute atomic E-state index is 0.0611. The Balaban J connectivity index is 2.71. The number of carbonyl (C=O) groups is 1. The molecule has 0 fully saturated rings. The quantitative estimate of drug-likeness (QED) is 0.802. The van der Waals surface area contributed by atoms with E-state index in [1.807, 2.05) is 0 Å². The zero-order valence-electron chi connectivity index (χ0n) is 9.53. The molecular weight excluding hydrogens is 192 g/mol. The van der Waals surface area contributed by atoms with Gasteiger partial charge in [-0.05, 0) is 6.42 Å². The molecule has 5 nitrogen and oxygen atoms in total. The SMILES string of the molecule is CCCCN(C)C(=O)c1cn(C)nc1N. The van der Waals surface area contributed by atoms with Gasteiger partial charge in [-0.25, -0.2) is 0 Å². The Morgan fingerprint density at radius 2 is 2.33 bits per heavy atom. The third kappa shape index (κ3) is 2.71. The van der Waals surface area contributed by atoms with E-state index in [0.29, 0.717) is 11.4 Å². The molecule has 0 saturated carbocycles. The van der Waals surface area contributed by atoms with Gasteiger partial charge in [-0.1, -0.05) is 13.3 Å². The van der Waals surface area contributed by atoms with Gasteiger partial charge in [0.1, 0.15) is 5.56 Å². The average molecular weight is 210 g/mol. The molecule has 0 atom stereocenters. The van der Waals surface area contributed by atoms with Crippen LogP contribution < -0.4 is 5.73 Å². The molecule has 2 N–H and O–H groups in total. The van der Waals surface area contributed by atoms with Crippen molar-refractivity contribution in [3.8, 4) is 0 Å². The van der Waals surface area contributed by atoms with Crippen LogP contribution in [0.15, 0.2) is 6.20 Å². The second-order valence-electron chi connectivity index (χ2n) is 3.68. The fraction of sp³-hybridized carbons (Fsp3) is 0.600. The van der Waals surface area contributed by atoms with Gasteiger partial charge in [0.2, 0.25) is 0 Å². The summed E-state index contributed by atoms with van der Waals surface area (Å²) in [5.41, 5.74) is 6.11. The van der Waals surface area contributed by atoms with Crippen LogP contribution in [0.5, 0.6) is 0 Å². The van der Waals surface area contributed by atoms with Crippen LogP contribution in [-0.4, -0.2) is 34.2 Å². The molecule has 1 amide bonds. The molecule has 1 heterocycles. The van der Waals surface area contributed by atoms with E-state index in [2.05, 4.69) is 12.0 Å². The van der Waals surface area contributed by atoms with Crippen LogP contribution >= 0.6 is 0 Å². The number of carbonyl (C=O) groups excluding carboxylic acids is 1. The van der Waals surface area contributed by atoms with Crippen molar-refractivity contribution in [1.82, 2.24) is 14.7 Å². The van der Waals surface area contributed by atoms with Crippen LogP contribution in [0.3, 0.4) is 0 Å². The Bertz CT molecular complexity index is 345. The number of nitrogens with two attached hydrogens (primary N) is 1. The van der Waals surface area contributed by atoms with E-state index in [-0.39, 0.29) is 5.91 Å². The highest BCUT2D eigenvalue weighted by Crippen LogP contribution is 2.11. The molecule has 0 radical (unpaired) electrons. The Morgan fingerprint density at radius 1 is 1.67 bits per heavy atom. The molecule has 1 aromatic rings. The summed E-state index contributed by atoms with van der Waals surface area (Å²) in [5.74, 6) is 0.236. The fourth-order valence-electron chi connectivity index (χ4n) is 1.37. The first kappa shape index (κ1) is 11.6. The lowest BCUT2D eigenvalue weighted by molar-refractivity contribution is 0.0794. The smallest absolute Gasteiger partial charge is 0.258 e. The first-order valence-corrected chi connectivity index (χ1v) is 5.10. The van der Waals surface area contributed by atoms with Gasteiger partial charge in [0.05, 0.1) is 0 Å². The molecule has 0 aliphatic carbocycles. The summed E-state index contributed by atoms with van der Waals surface area (Å²) in [6.07, 6.45) is 3.72. The lowest BCUT2D eigenvalue weighted by atomic mass is 10.2. The predicted molar refractivity (Wildman–Crippen MR) is 59.5 cm³/mol. The Morgan fingerprint density at radius 3 is 2.80 bits per heavy atom. The van der Waals surface area contributed by atoms with Gasteiger partial charge < -0.3 is 10.6 Å². The number of aryl methyl sites for hydroxylation is 1. The molecule has 0 bridgehead atoms. The first-order chi connectivity index (χ1) is 7.06. The van der Waals surface area contributed by atoms with Crippen molar-refractivity contribution >= 4 is 11.7 Å². The maximum Gasteiger partial charge on any atom is 0.258 e. The normalized spacial score (nSPS) is 10.3. The summed E-state index contributed by atoms with van der Waals surface area (Å²) in [6.45, 7) is 2.85. The molecule has 84 valence electrons. The van der Waals surface area contributed by atoms with E-state index in [1.165, 1.54) is 0 Å². The fourth-order valence-corrected chi connectivity index (χ4v) is 1.37. The predicted octanol–water partition coefficient (Wildman–Crippen LogP) is 0.874. The van der Waals surface area contributed by atoms with Gasteiger partial charge in [-0.15, -0.1) is 0 Å². The maximum absolute atomic E-state index is 11.9. The van der Waals surface area contributed by atoms with Gasteiger partial charge >= 0.3 is 0 Å². The summed E-state index contributed by atoms with van der Waals surface area (Å²) >= 11 is 0. The van der Waals surface area contributed by atoms with Crippen molar-refractivity contribution in [2.24, 2.45) is 7.05 Å². The van der Waals surface area contributed by atoms with Gasteiger partial charge in [-0.2, -0.15) is 5.10 Å². The van der Waals surface area contributed by atoms with Gasteiger partial charge in [-0.3, -0.25) is 9.48 Å². The largest absolute Gasteiger partial charge is 0.382 e. The van der Waals surface area contributed by atoms with Crippen LogP contribution in [0, 0.1) is 0 Å². The Hall–Kier alpha value is -1.52. The molecule has 0 aliphatic heterocycles. The summed E-state index contributed by atoms with van der Waals surface area (Å²) < 4.78 is 1.55. The minimum Gasteiger partial charge on any atom is -0.382 e. The van der Waals surface area contributed by atoms with E-state index >= 15 is 0 Å². The first-order valence-electron chi connectivity index (χ1n) is 5.10. The number of nitrogens with zero attached hydrogens (tertiary/aromatic N) is 3. The van der Waals surface area contributed by atoms with Crippen LogP contribution in [0.25, 0.3) is 0 Å². The number of rotatable bonds is 4. The average Bonchev–Trinajstić information content (AvgIpc) is 2.53. The second-order valence-corrected chi connectivity index (χ2v) is 3.68. The van der Waals surface area contributed by atoms with E-state index in [1.54, 1.807) is 29.9 Å². The zero-order chi connectivity index (χ0) is 11.4. The topological polar surface area (TPSA) is 64.2 Å². The van der Waals surface area contributed by atoms with E-state index < -0.39 is 0 Å². The third-order valence-corrected chi connectivity index (χ3v) is 2.28. The number of hydrogen-bond acceptors (Lipinski definition) is 3. The lowest BCUT2D eigenvalue weighted by Gasteiger charge is -2.15. The zero-order valence-corrected chi connectivity index (χ0v) is 9.53. The minimum atomic E-state index is -0.0611. The summed E-state index contributed by atoms with van der Waals surface area (Å²) in [6, 6.07) is 0. The second kappa shape index (κ2) is 4.82. The molecular formula is C10H18N4O. The van der Waals surface area contributed by atoms with Crippen molar-refractivity contribution < 1.29 is 4.79 Å². The molecule has 0 aliphatic rings. The molecule has 5 heteroatoms. The molecule has 0 spiro atoms. The van der Waals surface area contributed by atoms with Crippen molar-refractivity contribution in [3.05, 3.63) is 11.8 Å². The van der Waals surface area contributed by atoms with E-state index in [9.17, 15) is 4.79 Å². The number of aromatic nitrogens is 2. The van der Waals surface area contributed by atoms with Gasteiger partial charge in [0.25, 0.3) is 5.91 Å². The number of nitrogen functional groups attached to an aromatic ring is 1. The van der Waals surface area contributed by atoms with Crippen LogP contribution in [0.1, 0.15) is 30.1 Å².